The first kappa shape index (κ1) is 18.6. The van der Waals surface area contributed by atoms with Crippen molar-refractivity contribution < 1.29 is 4.79 Å². The van der Waals surface area contributed by atoms with Crippen LogP contribution in [0.3, 0.4) is 0 Å². The highest BCUT2D eigenvalue weighted by molar-refractivity contribution is 6.06. The van der Waals surface area contributed by atoms with Crippen LogP contribution in [0.15, 0.2) is 42.6 Å². The average Bonchev–Trinajstić information content (AvgIpc) is 3.33. The highest BCUT2D eigenvalue weighted by Gasteiger charge is 2.19. The number of nitrogens with one attached hydrogen (secondary N) is 1. The molecule has 1 aliphatic rings. The zero-order valence-corrected chi connectivity index (χ0v) is 16.6. The minimum Gasteiger partial charge on any atom is -0.348 e. The molecule has 6 nitrogen and oxygen atoms in total. The fraction of sp³-hybridized carbons (Fsp3) is 0.409. The molecule has 146 valence electrons. The van der Waals surface area contributed by atoms with E-state index >= 15 is 0 Å². The van der Waals surface area contributed by atoms with E-state index in [1.165, 1.54) is 12.8 Å². The number of benzene rings is 1. The van der Waals surface area contributed by atoms with Crippen molar-refractivity contribution >= 4 is 16.8 Å². The van der Waals surface area contributed by atoms with Crippen molar-refractivity contribution in [1.82, 2.24) is 25.0 Å². The molecule has 0 unspecified atom stereocenters. The summed E-state index contributed by atoms with van der Waals surface area (Å²) in [5.74, 6) is -0.0382. The molecule has 0 aliphatic carbocycles. The van der Waals surface area contributed by atoms with Gasteiger partial charge in [-0.3, -0.25) is 14.5 Å². The Bertz CT molecular complexity index is 974. The zero-order valence-electron chi connectivity index (χ0n) is 16.6. The zero-order chi connectivity index (χ0) is 19.5. The lowest BCUT2D eigenvalue weighted by Gasteiger charge is -2.21. The van der Waals surface area contributed by atoms with E-state index < -0.39 is 0 Å². The first-order chi connectivity index (χ1) is 13.6. The molecule has 1 saturated heterocycles. The number of aromatic nitrogens is 3. The highest BCUT2D eigenvalue weighted by Crippen LogP contribution is 2.19. The third-order valence-electron chi connectivity index (χ3n) is 5.36. The van der Waals surface area contributed by atoms with E-state index in [2.05, 4.69) is 22.2 Å². The van der Waals surface area contributed by atoms with Crippen molar-refractivity contribution in [3.05, 3.63) is 59.5 Å². The molecule has 0 radical (unpaired) electrons. The number of carbonyl (C=O) groups is 1. The summed E-state index contributed by atoms with van der Waals surface area (Å²) in [6.45, 7) is 7.80. The molecule has 1 aromatic carbocycles. The van der Waals surface area contributed by atoms with E-state index in [1.807, 2.05) is 48.0 Å². The second-order valence-corrected chi connectivity index (χ2v) is 7.69. The van der Waals surface area contributed by atoms with Gasteiger partial charge in [0, 0.05) is 29.9 Å². The highest BCUT2D eigenvalue weighted by atomic mass is 16.1. The molecule has 0 saturated carbocycles. The molecule has 28 heavy (non-hydrogen) atoms. The van der Waals surface area contributed by atoms with E-state index in [0.29, 0.717) is 12.1 Å². The summed E-state index contributed by atoms with van der Waals surface area (Å²) in [6, 6.07) is 11.8. The number of para-hydroxylation sites is 1. The predicted molar refractivity (Wildman–Crippen MR) is 110 cm³/mol. The lowest BCUT2D eigenvalue weighted by molar-refractivity contribution is 0.0933. The van der Waals surface area contributed by atoms with Gasteiger partial charge in [0.1, 0.15) is 0 Å². The van der Waals surface area contributed by atoms with Crippen LogP contribution < -0.4 is 5.32 Å². The fourth-order valence-electron chi connectivity index (χ4n) is 3.92. The molecule has 3 aromatic rings. The van der Waals surface area contributed by atoms with Crippen LogP contribution in [0, 0.1) is 6.92 Å². The van der Waals surface area contributed by atoms with E-state index in [1.54, 1.807) is 6.20 Å². The number of amides is 1. The number of aryl methyl sites for hydroxylation is 1. The number of hydrogen-bond donors (Lipinski definition) is 1. The standard InChI is InChI=1S/C22H27N5O/c1-16(14-26-11-5-6-12-26)24-22(28)20-13-18(15-27-17(2)9-10-23-27)25-21-8-4-3-7-19(20)21/h3-4,7-10,13,16H,5-6,11-12,14-15H2,1-2H3,(H,24,28)/t16-/m0/s1. The molecular formula is C22H27N5O. The fourth-order valence-corrected chi connectivity index (χ4v) is 3.92. The molecule has 3 heterocycles. The normalized spacial score (nSPS) is 15.8. The van der Waals surface area contributed by atoms with Gasteiger partial charge in [0.05, 0.1) is 23.3 Å². The van der Waals surface area contributed by atoms with Crippen molar-refractivity contribution in [2.75, 3.05) is 19.6 Å². The average molecular weight is 377 g/mol. The van der Waals surface area contributed by atoms with Crippen LogP contribution in [-0.2, 0) is 6.54 Å². The quantitative estimate of drug-likeness (QED) is 0.717. The number of likely N-dealkylation sites (tertiary alicyclic amines) is 1. The summed E-state index contributed by atoms with van der Waals surface area (Å²) in [6.07, 6.45) is 4.29. The van der Waals surface area contributed by atoms with Gasteiger partial charge >= 0.3 is 0 Å². The van der Waals surface area contributed by atoms with Gasteiger partial charge < -0.3 is 10.2 Å². The monoisotopic (exact) mass is 377 g/mol. The second kappa shape index (κ2) is 8.10. The third-order valence-corrected chi connectivity index (χ3v) is 5.36. The molecule has 1 atom stereocenters. The number of hydrogen-bond acceptors (Lipinski definition) is 4. The number of carbonyl (C=O) groups excluding carboxylic acids is 1. The van der Waals surface area contributed by atoms with Gasteiger partial charge in [-0.25, -0.2) is 0 Å². The van der Waals surface area contributed by atoms with Crippen molar-refractivity contribution in [1.29, 1.82) is 0 Å². The summed E-state index contributed by atoms with van der Waals surface area (Å²) in [5, 5.41) is 8.41. The van der Waals surface area contributed by atoms with E-state index in [-0.39, 0.29) is 11.9 Å². The van der Waals surface area contributed by atoms with Crippen molar-refractivity contribution in [2.24, 2.45) is 0 Å². The van der Waals surface area contributed by atoms with Crippen LogP contribution in [0.5, 0.6) is 0 Å². The summed E-state index contributed by atoms with van der Waals surface area (Å²) in [5.41, 5.74) is 3.42. The van der Waals surface area contributed by atoms with Gasteiger partial charge in [0.2, 0.25) is 0 Å². The number of rotatable bonds is 6. The van der Waals surface area contributed by atoms with Crippen LogP contribution in [0.1, 0.15) is 41.5 Å². The minimum absolute atomic E-state index is 0.0382. The van der Waals surface area contributed by atoms with Crippen molar-refractivity contribution in [3.63, 3.8) is 0 Å². The van der Waals surface area contributed by atoms with Gasteiger partial charge in [-0.05, 0) is 58.0 Å². The van der Waals surface area contributed by atoms with Crippen molar-refractivity contribution in [2.45, 2.75) is 39.3 Å². The Morgan fingerprint density at radius 2 is 2.00 bits per heavy atom. The first-order valence-electron chi connectivity index (χ1n) is 10.0. The van der Waals surface area contributed by atoms with Crippen LogP contribution >= 0.6 is 0 Å². The lowest BCUT2D eigenvalue weighted by atomic mass is 10.1. The molecule has 1 N–H and O–H groups in total. The smallest absolute Gasteiger partial charge is 0.252 e. The maximum atomic E-state index is 13.1. The SMILES string of the molecule is Cc1ccnn1Cc1cc(C(=O)N[C@@H](C)CN2CCCC2)c2ccccc2n1. The summed E-state index contributed by atoms with van der Waals surface area (Å²) in [4.78, 5) is 20.3. The van der Waals surface area contributed by atoms with Crippen LogP contribution in [0.2, 0.25) is 0 Å². The lowest BCUT2D eigenvalue weighted by Crippen LogP contribution is -2.41. The van der Waals surface area contributed by atoms with Gasteiger partial charge in [0.15, 0.2) is 0 Å². The second-order valence-electron chi connectivity index (χ2n) is 7.69. The molecule has 1 amide bonds. The maximum Gasteiger partial charge on any atom is 0.252 e. The van der Waals surface area contributed by atoms with Gasteiger partial charge in [-0.1, -0.05) is 18.2 Å². The summed E-state index contributed by atoms with van der Waals surface area (Å²) in [7, 11) is 0. The molecule has 2 aromatic heterocycles. The molecule has 0 bridgehead atoms. The van der Waals surface area contributed by atoms with Crippen LogP contribution in [-0.4, -0.2) is 51.2 Å². The predicted octanol–water partition coefficient (Wildman–Crippen LogP) is 3.00. The van der Waals surface area contributed by atoms with Crippen LogP contribution in [0.4, 0.5) is 0 Å². The molecular weight excluding hydrogens is 350 g/mol. The van der Waals surface area contributed by atoms with Crippen molar-refractivity contribution in [3.8, 4) is 0 Å². The third kappa shape index (κ3) is 4.07. The largest absolute Gasteiger partial charge is 0.348 e. The molecule has 6 heteroatoms. The topological polar surface area (TPSA) is 63.1 Å². The van der Waals surface area contributed by atoms with Gasteiger partial charge in [0.25, 0.3) is 5.91 Å². The van der Waals surface area contributed by atoms with Crippen LogP contribution in [0.25, 0.3) is 10.9 Å². The Hall–Kier alpha value is -2.73. The minimum atomic E-state index is -0.0382. The van der Waals surface area contributed by atoms with E-state index in [9.17, 15) is 4.79 Å². The number of fused-ring (bicyclic) bond motifs is 1. The van der Waals surface area contributed by atoms with Gasteiger partial charge in [-0.2, -0.15) is 5.10 Å². The Kier molecular flexibility index (Phi) is 5.39. The number of nitrogens with zero attached hydrogens (tertiary/aromatic N) is 4. The van der Waals surface area contributed by atoms with Gasteiger partial charge in [-0.15, -0.1) is 0 Å². The summed E-state index contributed by atoms with van der Waals surface area (Å²) < 4.78 is 1.90. The molecule has 1 aliphatic heterocycles. The number of pyridine rings is 1. The molecule has 0 spiro atoms. The Morgan fingerprint density at radius 3 is 2.75 bits per heavy atom. The Balaban J connectivity index is 1.59. The van der Waals surface area contributed by atoms with E-state index in [0.717, 1.165) is 41.9 Å². The Morgan fingerprint density at radius 1 is 1.21 bits per heavy atom. The molecule has 1 fully saturated rings. The van der Waals surface area contributed by atoms with E-state index in [4.69, 9.17) is 4.98 Å². The Labute approximate surface area is 165 Å². The molecule has 4 rings (SSSR count). The maximum absolute atomic E-state index is 13.1. The summed E-state index contributed by atoms with van der Waals surface area (Å²) >= 11 is 0. The first-order valence-corrected chi connectivity index (χ1v) is 10.0.